The first-order chi connectivity index (χ1) is 14.1. The molecule has 0 unspecified atom stereocenters. The highest BCUT2D eigenvalue weighted by Gasteiger charge is 2.26. The van der Waals surface area contributed by atoms with Crippen molar-refractivity contribution in [2.45, 2.75) is 6.42 Å². The van der Waals surface area contributed by atoms with Crippen molar-refractivity contribution in [3.8, 4) is 0 Å². The number of para-hydroxylation sites is 1. The first-order valence-electron chi connectivity index (χ1n) is 9.97. The zero-order chi connectivity index (χ0) is 20.2. The Labute approximate surface area is 169 Å². The Hall–Kier alpha value is -2.93. The van der Waals surface area contributed by atoms with Gasteiger partial charge >= 0.3 is 0 Å². The summed E-state index contributed by atoms with van der Waals surface area (Å²) >= 11 is 0. The Kier molecular flexibility index (Phi) is 5.76. The predicted octanol–water partition coefficient (Wildman–Crippen LogP) is 1.97. The summed E-state index contributed by atoms with van der Waals surface area (Å²) < 4.78 is 13.2. The van der Waals surface area contributed by atoms with Crippen molar-refractivity contribution in [1.82, 2.24) is 9.80 Å². The summed E-state index contributed by atoms with van der Waals surface area (Å²) in [6, 6.07) is 14.1. The Balaban J connectivity index is 1.23. The summed E-state index contributed by atoms with van der Waals surface area (Å²) in [6.07, 6.45) is 0.984. The Morgan fingerprint density at radius 3 is 2.52 bits per heavy atom. The molecule has 2 amide bonds. The van der Waals surface area contributed by atoms with Crippen LogP contribution in [0.3, 0.4) is 0 Å². The Morgan fingerprint density at radius 1 is 0.931 bits per heavy atom. The van der Waals surface area contributed by atoms with E-state index in [1.54, 1.807) is 12.1 Å². The lowest BCUT2D eigenvalue weighted by atomic mass is 10.2. The number of nitrogens with one attached hydrogen (secondary N) is 1. The van der Waals surface area contributed by atoms with Crippen LogP contribution in [0.2, 0.25) is 0 Å². The van der Waals surface area contributed by atoms with Crippen molar-refractivity contribution in [3.63, 3.8) is 0 Å². The quantitative estimate of drug-likeness (QED) is 0.840. The summed E-state index contributed by atoms with van der Waals surface area (Å²) in [5.41, 5.74) is 2.91. The molecular formula is C22H25FN4O2. The lowest BCUT2D eigenvalue weighted by molar-refractivity contribution is -0.131. The number of nitrogens with zero attached hydrogens (tertiary/aromatic N) is 3. The summed E-state index contributed by atoms with van der Waals surface area (Å²) in [7, 11) is 0. The third-order valence-corrected chi connectivity index (χ3v) is 5.51. The van der Waals surface area contributed by atoms with Gasteiger partial charge in [0.15, 0.2) is 0 Å². The van der Waals surface area contributed by atoms with Crippen molar-refractivity contribution in [1.29, 1.82) is 0 Å². The van der Waals surface area contributed by atoms with Gasteiger partial charge < -0.3 is 15.1 Å². The summed E-state index contributed by atoms with van der Waals surface area (Å²) in [4.78, 5) is 31.0. The summed E-state index contributed by atoms with van der Waals surface area (Å²) in [6.45, 7) is 4.04. The molecular weight excluding hydrogens is 371 g/mol. The number of hydrogen-bond donors (Lipinski definition) is 1. The fourth-order valence-corrected chi connectivity index (χ4v) is 3.96. The van der Waals surface area contributed by atoms with Crippen molar-refractivity contribution in [2.75, 3.05) is 56.0 Å². The van der Waals surface area contributed by atoms with Crippen LogP contribution in [0.4, 0.5) is 15.8 Å². The maximum Gasteiger partial charge on any atom is 0.242 e. The minimum atomic E-state index is -0.379. The van der Waals surface area contributed by atoms with E-state index >= 15 is 0 Å². The smallest absolute Gasteiger partial charge is 0.242 e. The highest BCUT2D eigenvalue weighted by molar-refractivity contribution is 5.92. The third kappa shape index (κ3) is 4.74. The average Bonchev–Trinajstić information content (AvgIpc) is 3.11. The maximum atomic E-state index is 13.2. The molecule has 6 nitrogen and oxygen atoms in total. The lowest BCUT2D eigenvalue weighted by Crippen LogP contribution is -2.52. The van der Waals surface area contributed by atoms with E-state index in [9.17, 15) is 14.0 Å². The number of halogens is 1. The minimum absolute atomic E-state index is 0.130. The van der Waals surface area contributed by atoms with Gasteiger partial charge in [-0.15, -0.1) is 0 Å². The number of carbonyl (C=O) groups is 2. The van der Waals surface area contributed by atoms with Gasteiger partial charge in [-0.3, -0.25) is 14.5 Å². The van der Waals surface area contributed by atoms with Crippen LogP contribution in [0.5, 0.6) is 0 Å². The predicted molar refractivity (Wildman–Crippen MR) is 110 cm³/mol. The number of hydrogen-bond acceptors (Lipinski definition) is 4. The fourth-order valence-electron chi connectivity index (χ4n) is 3.96. The largest absolute Gasteiger partial charge is 0.362 e. The SMILES string of the molecule is O=C(CN1CCN(C(=O)CN2CCc3ccccc32)CC1)Nc1cccc(F)c1. The first-order valence-corrected chi connectivity index (χ1v) is 9.97. The topological polar surface area (TPSA) is 55.9 Å². The van der Waals surface area contributed by atoms with Crippen LogP contribution in [0.1, 0.15) is 5.56 Å². The minimum Gasteiger partial charge on any atom is -0.362 e. The molecule has 4 rings (SSSR count). The molecule has 2 aromatic rings. The van der Waals surface area contributed by atoms with E-state index in [0.717, 1.165) is 18.7 Å². The van der Waals surface area contributed by atoms with E-state index in [1.807, 2.05) is 21.9 Å². The van der Waals surface area contributed by atoms with Crippen molar-refractivity contribution < 1.29 is 14.0 Å². The second-order valence-electron chi connectivity index (χ2n) is 7.52. The summed E-state index contributed by atoms with van der Waals surface area (Å²) in [5, 5.41) is 2.71. The third-order valence-electron chi connectivity index (χ3n) is 5.51. The summed E-state index contributed by atoms with van der Waals surface area (Å²) in [5.74, 6) is -0.426. The van der Waals surface area contributed by atoms with Gasteiger partial charge in [0, 0.05) is 44.1 Å². The van der Waals surface area contributed by atoms with E-state index in [0.29, 0.717) is 38.4 Å². The normalized spacial score (nSPS) is 16.6. The molecule has 0 spiro atoms. The van der Waals surface area contributed by atoms with Crippen LogP contribution in [0.15, 0.2) is 48.5 Å². The number of amides is 2. The van der Waals surface area contributed by atoms with Gasteiger partial charge in [-0.05, 0) is 36.2 Å². The lowest BCUT2D eigenvalue weighted by Gasteiger charge is -2.35. The average molecular weight is 396 g/mol. The number of rotatable bonds is 5. The molecule has 0 bridgehead atoms. The van der Waals surface area contributed by atoms with Crippen LogP contribution in [-0.4, -0.2) is 67.4 Å². The standard InChI is InChI=1S/C22H25FN4O2/c23-18-5-3-6-19(14-18)24-21(28)15-25-10-12-26(13-11-25)22(29)16-27-9-8-17-4-1-2-7-20(17)27/h1-7,14H,8-13,15-16H2,(H,24,28). The van der Waals surface area contributed by atoms with Gasteiger partial charge in [0.1, 0.15) is 5.82 Å². The van der Waals surface area contributed by atoms with E-state index in [2.05, 4.69) is 22.3 Å². The van der Waals surface area contributed by atoms with E-state index in [1.165, 1.54) is 17.7 Å². The highest BCUT2D eigenvalue weighted by atomic mass is 19.1. The number of piperazine rings is 1. The molecule has 7 heteroatoms. The molecule has 0 aliphatic carbocycles. The fraction of sp³-hybridized carbons (Fsp3) is 0.364. The molecule has 2 aliphatic rings. The molecule has 2 aromatic carbocycles. The van der Waals surface area contributed by atoms with Gasteiger partial charge in [0.25, 0.3) is 0 Å². The second-order valence-corrected chi connectivity index (χ2v) is 7.52. The molecule has 0 atom stereocenters. The molecule has 29 heavy (non-hydrogen) atoms. The monoisotopic (exact) mass is 396 g/mol. The number of anilines is 2. The van der Waals surface area contributed by atoms with Gasteiger partial charge in [-0.2, -0.15) is 0 Å². The number of fused-ring (bicyclic) bond motifs is 1. The van der Waals surface area contributed by atoms with Crippen LogP contribution in [0.25, 0.3) is 0 Å². The van der Waals surface area contributed by atoms with Gasteiger partial charge in [0.05, 0.1) is 13.1 Å². The first kappa shape index (κ1) is 19.4. The van der Waals surface area contributed by atoms with Crippen LogP contribution < -0.4 is 10.2 Å². The van der Waals surface area contributed by atoms with Crippen LogP contribution in [0, 0.1) is 5.82 Å². The molecule has 0 aromatic heterocycles. The zero-order valence-electron chi connectivity index (χ0n) is 16.3. The zero-order valence-corrected chi connectivity index (χ0v) is 16.3. The van der Waals surface area contributed by atoms with Crippen molar-refractivity contribution in [2.24, 2.45) is 0 Å². The molecule has 1 saturated heterocycles. The molecule has 2 heterocycles. The molecule has 152 valence electrons. The van der Waals surface area contributed by atoms with Gasteiger partial charge in [0.2, 0.25) is 11.8 Å². The molecule has 0 saturated carbocycles. The number of carbonyl (C=O) groups excluding carboxylic acids is 2. The van der Waals surface area contributed by atoms with Crippen LogP contribution in [-0.2, 0) is 16.0 Å². The van der Waals surface area contributed by atoms with Crippen LogP contribution >= 0.6 is 0 Å². The van der Waals surface area contributed by atoms with Crippen molar-refractivity contribution >= 4 is 23.2 Å². The highest BCUT2D eigenvalue weighted by Crippen LogP contribution is 2.27. The van der Waals surface area contributed by atoms with Gasteiger partial charge in [-0.25, -0.2) is 4.39 Å². The molecule has 1 fully saturated rings. The molecule has 2 aliphatic heterocycles. The Morgan fingerprint density at radius 2 is 1.72 bits per heavy atom. The van der Waals surface area contributed by atoms with Crippen molar-refractivity contribution in [3.05, 3.63) is 59.9 Å². The Bertz CT molecular complexity index is 896. The van der Waals surface area contributed by atoms with Gasteiger partial charge in [-0.1, -0.05) is 24.3 Å². The van der Waals surface area contributed by atoms with E-state index < -0.39 is 0 Å². The second kappa shape index (κ2) is 8.61. The molecule has 1 N–H and O–H groups in total. The van der Waals surface area contributed by atoms with E-state index in [-0.39, 0.29) is 24.2 Å². The maximum absolute atomic E-state index is 13.2. The number of benzene rings is 2. The molecule has 0 radical (unpaired) electrons. The van der Waals surface area contributed by atoms with E-state index in [4.69, 9.17) is 0 Å².